The van der Waals surface area contributed by atoms with Crippen molar-refractivity contribution in [1.82, 2.24) is 0 Å². The van der Waals surface area contributed by atoms with Gasteiger partial charge < -0.3 is 118 Å². The van der Waals surface area contributed by atoms with Gasteiger partial charge in [0.25, 0.3) is 0 Å². The maximum absolute atomic E-state index is 11.4. The lowest BCUT2D eigenvalue weighted by molar-refractivity contribution is -0.396. The summed E-state index contributed by atoms with van der Waals surface area (Å²) in [5.41, 5.74) is 0. The first-order valence-electron chi connectivity index (χ1n) is 20.8. The molecule has 0 radical (unpaired) electrons. The Morgan fingerprint density at radius 3 is 0.424 bits per heavy atom. The van der Waals surface area contributed by atoms with Gasteiger partial charge in [-0.1, -0.05) is 95.6 Å². The molecule has 12 bridgehead atoms. The molecule has 0 spiro atoms. The molecule has 0 amide bonds. The summed E-state index contributed by atoms with van der Waals surface area (Å²) in [5, 5.41) is 136. The second-order valence-corrected chi connectivity index (χ2v) is 20.6. The average Bonchev–Trinajstić information content (AvgIpc) is 3.31. The van der Waals surface area contributed by atoms with Gasteiger partial charge in [0, 0.05) is 32.0 Å². The number of halogens is 6. The minimum atomic E-state index is -1.90. The molecule has 66 heavy (non-hydrogen) atoms. The van der Waals surface area contributed by atoms with E-state index in [2.05, 4.69) is 95.6 Å². The van der Waals surface area contributed by atoms with Crippen molar-refractivity contribution in [3.63, 3.8) is 0 Å². The molecular weight excluding hydrogens is 1300 g/mol. The lowest BCUT2D eigenvalue weighted by atomic mass is 9.95. The minimum absolute atomic E-state index is 0.0640. The van der Waals surface area contributed by atoms with Gasteiger partial charge in [-0.2, -0.15) is 0 Å². The van der Waals surface area contributed by atoms with Crippen LogP contribution in [0.4, 0.5) is 0 Å². The van der Waals surface area contributed by atoms with E-state index < -0.39 is 184 Å². The Bertz CT molecular complexity index is 1260. The van der Waals surface area contributed by atoms with Crippen LogP contribution in [0.1, 0.15) is 0 Å². The largest absolute Gasteiger partial charge is 0.387 e. The zero-order valence-electron chi connectivity index (χ0n) is 34.1. The van der Waals surface area contributed by atoms with Crippen molar-refractivity contribution in [2.24, 2.45) is 0 Å². The Morgan fingerprint density at radius 2 is 0.318 bits per heavy atom. The first kappa shape index (κ1) is 55.7. The van der Waals surface area contributed by atoms with E-state index in [1.54, 1.807) is 0 Å². The van der Waals surface area contributed by atoms with Crippen LogP contribution in [0.5, 0.6) is 0 Å². The Balaban J connectivity index is 1.19. The van der Waals surface area contributed by atoms with Gasteiger partial charge in [-0.05, 0) is 0 Å². The molecule has 22 fully saturated rings. The lowest BCUT2D eigenvalue weighted by Crippen LogP contribution is -2.68. The first-order valence-corrected chi connectivity index (χ1v) is 27.5. The number of rotatable bonds is 6. The van der Waals surface area contributed by atoms with E-state index in [9.17, 15) is 61.3 Å². The number of alkyl halides is 6. The number of ether oxygens (including phenoxy) is 12. The standard InChI is InChI=1S/C36H54Br6O24/c37-1-7-25-13(43)19(49)31(55-7)62-26-8(2-38)57-33(21(51)15(26)45)64-28-10(4-40)59-35(23(53)17(28)47)66-30-12(6-42)60-36(24(54)18(30)48)65-29-11(5-41)58-34(22(52)16(29)46)63-27-9(3-39)56-32(61-25)20(50)14(27)44/h7-36,43-54H,1-6H2/t7?,8?,9?,10?,11?,12?,13?,14?,15?,16?,17?,18?,19?,20?,21?,22?,23?,24?,25-,26-,27-,28-,29-,30-,31-,32-,33-,34-,35-,36-/m1/s1. The Morgan fingerprint density at radius 1 is 0.197 bits per heavy atom. The van der Waals surface area contributed by atoms with Crippen LogP contribution in [0, 0.1) is 0 Å². The highest BCUT2D eigenvalue weighted by Gasteiger charge is 2.58. The van der Waals surface area contributed by atoms with E-state index in [1.165, 1.54) is 0 Å². The second-order valence-electron chi connectivity index (χ2n) is 16.7. The summed E-state index contributed by atoms with van der Waals surface area (Å²) in [6.07, 6.45) is -48.2. The summed E-state index contributed by atoms with van der Waals surface area (Å²) in [5.74, 6) is 0. The molecule has 22 aliphatic heterocycles. The van der Waals surface area contributed by atoms with Crippen LogP contribution in [-0.4, -0.2) is 277 Å². The summed E-state index contributed by atoms with van der Waals surface area (Å²) in [6, 6.07) is 0. The molecule has 0 aliphatic carbocycles. The highest BCUT2D eigenvalue weighted by Crippen LogP contribution is 2.39. The molecule has 0 aromatic rings. The number of aliphatic hydroxyl groups is 12. The SMILES string of the molecule is OC1C(O)[C@@H]2O[C@H]3OC(CBr)[C@@H](O[C@H]4OC(CBr)[C@@H](O[C@H]5OC(CBr)[C@@H](O[C@H]6OC(CBr)[C@@H](O[C@H]7OC(CBr)[C@@H](O[C@H]1OC2CBr)C(O)C7O)C(O)C6O)C(O)C5O)C(O)C4O)C(O)C3O. The van der Waals surface area contributed by atoms with Crippen molar-refractivity contribution in [2.45, 2.75) is 184 Å². The van der Waals surface area contributed by atoms with Gasteiger partial charge in [0.05, 0.1) is 36.6 Å². The molecule has 30 atom stereocenters. The molecule has 0 aromatic heterocycles. The van der Waals surface area contributed by atoms with Crippen molar-refractivity contribution < 1.29 is 118 Å². The van der Waals surface area contributed by atoms with E-state index in [0.29, 0.717) is 0 Å². The number of hydrogen-bond acceptors (Lipinski definition) is 24. The lowest BCUT2D eigenvalue weighted by Gasteiger charge is -2.50. The highest BCUT2D eigenvalue weighted by atomic mass is 79.9. The zero-order valence-corrected chi connectivity index (χ0v) is 43.6. The monoisotopic (exact) mass is 1340 g/mol. The fourth-order valence-corrected chi connectivity index (χ4v) is 11.9. The highest BCUT2D eigenvalue weighted by molar-refractivity contribution is 9.10. The first-order chi connectivity index (χ1) is 31.4. The predicted molar refractivity (Wildman–Crippen MR) is 236 cm³/mol. The van der Waals surface area contributed by atoms with Crippen LogP contribution in [0.2, 0.25) is 0 Å². The zero-order chi connectivity index (χ0) is 48.0. The smallest absolute Gasteiger partial charge is 0.187 e. The van der Waals surface area contributed by atoms with E-state index in [0.717, 1.165) is 0 Å². The topological polar surface area (TPSA) is 354 Å². The molecule has 30 heteroatoms. The molecule has 22 saturated heterocycles. The summed E-state index contributed by atoms with van der Waals surface area (Å²) in [4.78, 5) is 0. The van der Waals surface area contributed by atoms with Crippen molar-refractivity contribution >= 4 is 95.6 Å². The normalized spacial score (nSPS) is 55.4. The van der Waals surface area contributed by atoms with Gasteiger partial charge in [-0.25, -0.2) is 0 Å². The van der Waals surface area contributed by atoms with Gasteiger partial charge in [0.15, 0.2) is 37.7 Å². The van der Waals surface area contributed by atoms with Crippen molar-refractivity contribution in [3.8, 4) is 0 Å². The predicted octanol–water partition coefficient (Wildman–Crippen LogP) is -4.64. The second kappa shape index (κ2) is 24.1. The molecule has 0 saturated carbocycles. The molecule has 12 N–H and O–H groups in total. The van der Waals surface area contributed by atoms with Crippen LogP contribution in [-0.2, 0) is 56.8 Å². The van der Waals surface area contributed by atoms with Crippen LogP contribution in [0.15, 0.2) is 0 Å². The summed E-state index contributed by atoms with van der Waals surface area (Å²) < 4.78 is 71.9. The number of hydrogen-bond donors (Lipinski definition) is 12. The van der Waals surface area contributed by atoms with Crippen LogP contribution in [0.3, 0.4) is 0 Å². The van der Waals surface area contributed by atoms with Crippen molar-refractivity contribution in [2.75, 3.05) is 32.0 Å². The fourth-order valence-electron chi connectivity index (χ4n) is 8.79. The van der Waals surface area contributed by atoms with Gasteiger partial charge in [-0.15, -0.1) is 0 Å². The minimum Gasteiger partial charge on any atom is -0.387 e. The van der Waals surface area contributed by atoms with Gasteiger partial charge in [-0.3, -0.25) is 0 Å². The van der Waals surface area contributed by atoms with E-state index in [4.69, 9.17) is 56.8 Å². The van der Waals surface area contributed by atoms with Crippen molar-refractivity contribution in [1.29, 1.82) is 0 Å². The molecule has 18 unspecified atom stereocenters. The van der Waals surface area contributed by atoms with E-state index >= 15 is 0 Å². The van der Waals surface area contributed by atoms with Crippen LogP contribution >= 0.6 is 95.6 Å². The maximum atomic E-state index is 11.4. The third-order valence-corrected chi connectivity index (χ3v) is 16.3. The Labute approximate surface area is 427 Å². The molecule has 22 aliphatic rings. The molecule has 22 heterocycles. The molecule has 22 rings (SSSR count). The Kier molecular flexibility index (Phi) is 20.3. The summed E-state index contributed by atoms with van der Waals surface area (Å²) >= 11 is 19.8. The van der Waals surface area contributed by atoms with E-state index in [1.807, 2.05) is 0 Å². The van der Waals surface area contributed by atoms with E-state index in [-0.39, 0.29) is 32.0 Å². The maximum Gasteiger partial charge on any atom is 0.187 e. The van der Waals surface area contributed by atoms with Crippen molar-refractivity contribution in [3.05, 3.63) is 0 Å². The average molecular weight is 1350 g/mol. The van der Waals surface area contributed by atoms with Gasteiger partial charge in [0.1, 0.15) is 110 Å². The Hall–Kier alpha value is 1.92. The third kappa shape index (κ3) is 11.1. The van der Waals surface area contributed by atoms with Crippen LogP contribution in [0.25, 0.3) is 0 Å². The third-order valence-electron chi connectivity index (χ3n) is 12.5. The van der Waals surface area contributed by atoms with Crippen LogP contribution < -0.4 is 0 Å². The fraction of sp³-hybridized carbons (Fsp3) is 1.00. The molecule has 0 aromatic carbocycles. The molecule has 24 nitrogen and oxygen atoms in total. The quantitative estimate of drug-likeness (QED) is 0.111. The summed E-state index contributed by atoms with van der Waals surface area (Å²) in [6.45, 7) is 0. The molecular formula is C36H54Br6O24. The van der Waals surface area contributed by atoms with Gasteiger partial charge >= 0.3 is 0 Å². The number of aliphatic hydroxyl groups excluding tert-OH is 12. The molecule has 384 valence electrons. The summed E-state index contributed by atoms with van der Waals surface area (Å²) in [7, 11) is 0. The van der Waals surface area contributed by atoms with Gasteiger partial charge in [0.2, 0.25) is 0 Å².